The molecule has 1 N–H and O–H groups in total. The summed E-state index contributed by atoms with van der Waals surface area (Å²) in [6.45, 7) is 3.86. The molecule has 0 saturated heterocycles. The topological polar surface area (TPSA) is 72.8 Å². The molecule has 1 atom stereocenters. The highest BCUT2D eigenvalue weighted by Crippen LogP contribution is 2.12. The predicted molar refractivity (Wildman–Crippen MR) is 155 cm³/mol. The van der Waals surface area contributed by atoms with Crippen molar-refractivity contribution in [1.29, 1.82) is 0 Å². The molecule has 5 nitrogen and oxygen atoms in total. The Balaban J connectivity index is 3.46. The van der Waals surface area contributed by atoms with Crippen LogP contribution in [0, 0.1) is 0 Å². The minimum absolute atomic E-state index is 0.0717. The van der Waals surface area contributed by atoms with Crippen LogP contribution >= 0.6 is 0 Å². The number of unbranched alkanes of at least 4 members (excludes halogenated alkanes) is 15. The fraction of sp³-hybridized carbons (Fsp3) is 0.812. The zero-order valence-electron chi connectivity index (χ0n) is 24.2. The average Bonchev–Trinajstić information content (AvgIpc) is 2.90. The predicted octanol–water partition coefficient (Wildman–Crippen LogP) is 8.78. The lowest BCUT2D eigenvalue weighted by Gasteiger charge is -2.15. The van der Waals surface area contributed by atoms with Gasteiger partial charge in [-0.3, -0.25) is 9.59 Å². The van der Waals surface area contributed by atoms with E-state index in [9.17, 15) is 14.7 Å². The van der Waals surface area contributed by atoms with Crippen LogP contribution in [-0.2, 0) is 19.1 Å². The van der Waals surface area contributed by atoms with E-state index in [0.29, 0.717) is 12.8 Å². The van der Waals surface area contributed by atoms with E-state index in [2.05, 4.69) is 31.2 Å². The Morgan fingerprint density at radius 3 is 1.65 bits per heavy atom. The molecule has 216 valence electrons. The van der Waals surface area contributed by atoms with Crippen molar-refractivity contribution in [2.45, 2.75) is 155 Å². The van der Waals surface area contributed by atoms with Gasteiger partial charge in [-0.15, -0.1) is 0 Å². The van der Waals surface area contributed by atoms with Gasteiger partial charge in [-0.2, -0.15) is 0 Å². The second kappa shape index (κ2) is 28.9. The summed E-state index contributed by atoms with van der Waals surface area (Å²) in [5, 5.41) is 9.34. The zero-order chi connectivity index (χ0) is 27.2. The molecule has 0 aromatic carbocycles. The smallest absolute Gasteiger partial charge is 0.306 e. The van der Waals surface area contributed by atoms with Crippen LogP contribution in [0.1, 0.15) is 149 Å². The Hall–Kier alpha value is -1.62. The minimum atomic E-state index is -0.764. The summed E-state index contributed by atoms with van der Waals surface area (Å²) in [7, 11) is 0. The quantitative estimate of drug-likeness (QED) is 0.0663. The van der Waals surface area contributed by atoms with E-state index in [-0.39, 0.29) is 25.2 Å². The van der Waals surface area contributed by atoms with Gasteiger partial charge in [0.15, 0.2) is 6.10 Å². The van der Waals surface area contributed by atoms with Crippen LogP contribution in [0.2, 0.25) is 0 Å². The number of hydrogen-bond acceptors (Lipinski definition) is 5. The summed E-state index contributed by atoms with van der Waals surface area (Å²) in [4.78, 5) is 23.5. The lowest BCUT2D eigenvalue weighted by Crippen LogP contribution is -2.28. The molecule has 0 fully saturated rings. The first-order valence-electron chi connectivity index (χ1n) is 15.4. The molecule has 0 rings (SSSR count). The molecule has 0 heterocycles. The number of esters is 2. The lowest BCUT2D eigenvalue weighted by molar-refractivity contribution is -0.161. The highest BCUT2D eigenvalue weighted by molar-refractivity contribution is 5.70. The fourth-order valence-electron chi connectivity index (χ4n) is 4.09. The number of carbonyl (C=O) groups is 2. The van der Waals surface area contributed by atoms with Gasteiger partial charge >= 0.3 is 11.9 Å². The molecular weight excluding hydrogens is 464 g/mol. The second-order valence-electron chi connectivity index (χ2n) is 10.2. The maximum absolute atomic E-state index is 11.9. The van der Waals surface area contributed by atoms with Gasteiger partial charge in [0.25, 0.3) is 0 Å². The summed E-state index contributed by atoms with van der Waals surface area (Å²) < 4.78 is 10.3. The zero-order valence-corrected chi connectivity index (χ0v) is 24.2. The number of allylic oxidation sites excluding steroid dienone is 4. The number of rotatable bonds is 27. The Kier molecular flexibility index (Phi) is 27.7. The number of carbonyl (C=O) groups excluding carboxylic acids is 2. The highest BCUT2D eigenvalue weighted by atomic mass is 16.6. The largest absolute Gasteiger partial charge is 0.462 e. The monoisotopic (exact) mass is 522 g/mol. The molecule has 0 aliphatic carbocycles. The van der Waals surface area contributed by atoms with Crippen molar-refractivity contribution in [1.82, 2.24) is 0 Å². The summed E-state index contributed by atoms with van der Waals surface area (Å²) in [6.07, 6.45) is 31.8. The molecule has 0 radical (unpaired) electrons. The van der Waals surface area contributed by atoms with Crippen LogP contribution < -0.4 is 0 Å². The van der Waals surface area contributed by atoms with E-state index in [0.717, 1.165) is 38.5 Å². The molecule has 0 amide bonds. The summed E-state index contributed by atoms with van der Waals surface area (Å²) in [5.74, 6) is -0.637. The molecule has 0 aliphatic rings. The van der Waals surface area contributed by atoms with Crippen molar-refractivity contribution in [3.63, 3.8) is 0 Å². The van der Waals surface area contributed by atoms with Crippen molar-refractivity contribution < 1.29 is 24.2 Å². The van der Waals surface area contributed by atoms with Crippen molar-refractivity contribution in [3.05, 3.63) is 24.3 Å². The lowest BCUT2D eigenvalue weighted by atomic mass is 10.1. The van der Waals surface area contributed by atoms with E-state index in [4.69, 9.17) is 9.47 Å². The van der Waals surface area contributed by atoms with Gasteiger partial charge in [-0.1, -0.05) is 115 Å². The van der Waals surface area contributed by atoms with E-state index < -0.39 is 6.10 Å². The number of hydrogen-bond donors (Lipinski definition) is 1. The first-order valence-corrected chi connectivity index (χ1v) is 15.4. The van der Waals surface area contributed by atoms with Crippen LogP contribution in [0.4, 0.5) is 0 Å². The van der Waals surface area contributed by atoms with Gasteiger partial charge in [0.05, 0.1) is 6.61 Å². The van der Waals surface area contributed by atoms with Crippen molar-refractivity contribution in [2.75, 3.05) is 13.2 Å². The standard InChI is InChI=1S/C32H58O5/c1-3-5-7-8-9-10-11-12-13-14-15-16-17-18-19-20-21-22-23-24-25-27-32(35)37-30(28-33)29-36-31(34)26-6-4-2/h11-12,14-15,30,33H,3-10,13,16-29H2,1-2H3/b12-11-,15-14-. The molecule has 0 spiro atoms. The average molecular weight is 523 g/mol. The summed E-state index contributed by atoms with van der Waals surface area (Å²) in [6, 6.07) is 0. The third-order valence-corrected chi connectivity index (χ3v) is 6.50. The molecule has 0 bridgehead atoms. The summed E-state index contributed by atoms with van der Waals surface area (Å²) >= 11 is 0. The van der Waals surface area contributed by atoms with E-state index in [1.165, 1.54) is 83.5 Å². The van der Waals surface area contributed by atoms with Gasteiger partial charge in [0.1, 0.15) is 6.61 Å². The maximum atomic E-state index is 11.9. The van der Waals surface area contributed by atoms with Gasteiger partial charge in [-0.25, -0.2) is 0 Å². The number of aliphatic hydroxyl groups excluding tert-OH is 1. The third kappa shape index (κ3) is 27.2. The van der Waals surface area contributed by atoms with Crippen LogP contribution in [0.3, 0.4) is 0 Å². The van der Waals surface area contributed by atoms with Crippen LogP contribution in [0.5, 0.6) is 0 Å². The molecular formula is C32H58O5. The van der Waals surface area contributed by atoms with Crippen molar-refractivity contribution in [3.8, 4) is 0 Å². The molecule has 0 saturated carbocycles. The van der Waals surface area contributed by atoms with Crippen molar-refractivity contribution >= 4 is 11.9 Å². The van der Waals surface area contributed by atoms with E-state index in [1.54, 1.807) is 0 Å². The molecule has 37 heavy (non-hydrogen) atoms. The van der Waals surface area contributed by atoms with Gasteiger partial charge in [-0.05, 0) is 44.9 Å². The number of aliphatic hydroxyl groups is 1. The Bertz CT molecular complexity index is 570. The van der Waals surface area contributed by atoms with Gasteiger partial charge < -0.3 is 14.6 Å². The van der Waals surface area contributed by atoms with E-state index in [1.807, 2.05) is 6.92 Å². The fourth-order valence-corrected chi connectivity index (χ4v) is 4.09. The molecule has 0 aromatic rings. The Morgan fingerprint density at radius 2 is 1.11 bits per heavy atom. The SMILES string of the molecule is CCCCCCC/C=C\C/C=C\CCCCCCCCCCCC(=O)OC(CO)COC(=O)CCCC. The Morgan fingerprint density at radius 1 is 0.622 bits per heavy atom. The third-order valence-electron chi connectivity index (χ3n) is 6.50. The summed E-state index contributed by atoms with van der Waals surface area (Å²) in [5.41, 5.74) is 0. The van der Waals surface area contributed by atoms with E-state index >= 15 is 0 Å². The number of ether oxygens (including phenoxy) is 2. The van der Waals surface area contributed by atoms with Crippen LogP contribution in [0.25, 0.3) is 0 Å². The van der Waals surface area contributed by atoms with Crippen LogP contribution in [0.15, 0.2) is 24.3 Å². The minimum Gasteiger partial charge on any atom is -0.462 e. The molecule has 0 aromatic heterocycles. The maximum Gasteiger partial charge on any atom is 0.306 e. The molecule has 5 heteroatoms. The molecule has 0 aliphatic heterocycles. The van der Waals surface area contributed by atoms with Gasteiger partial charge in [0, 0.05) is 12.8 Å². The first-order chi connectivity index (χ1) is 18.1. The normalized spacial score (nSPS) is 12.4. The van der Waals surface area contributed by atoms with Crippen LogP contribution in [-0.4, -0.2) is 36.4 Å². The Labute approximate surface area is 228 Å². The second-order valence-corrected chi connectivity index (χ2v) is 10.2. The van der Waals surface area contributed by atoms with Crippen molar-refractivity contribution in [2.24, 2.45) is 0 Å². The molecule has 1 unspecified atom stereocenters. The van der Waals surface area contributed by atoms with Gasteiger partial charge in [0.2, 0.25) is 0 Å². The first kappa shape index (κ1) is 35.4. The highest BCUT2D eigenvalue weighted by Gasteiger charge is 2.15.